The van der Waals surface area contributed by atoms with Crippen molar-refractivity contribution in [2.75, 3.05) is 12.0 Å². The van der Waals surface area contributed by atoms with E-state index in [4.69, 9.17) is 4.74 Å². The lowest BCUT2D eigenvalue weighted by Gasteiger charge is -2.18. The van der Waals surface area contributed by atoms with E-state index in [1.54, 1.807) is 6.07 Å². The Labute approximate surface area is 128 Å². The number of aryl methyl sites for hydroxylation is 1. The number of carbonyl (C=O) groups excluding carboxylic acids is 2. The minimum Gasteiger partial charge on any atom is -0.495 e. The first-order chi connectivity index (χ1) is 10.6. The van der Waals surface area contributed by atoms with E-state index in [0.717, 1.165) is 16.0 Å². The van der Waals surface area contributed by atoms with E-state index in [0.29, 0.717) is 11.4 Å². The Hall–Kier alpha value is -2.82. The van der Waals surface area contributed by atoms with Crippen molar-refractivity contribution in [2.24, 2.45) is 0 Å². The number of benzene rings is 2. The van der Waals surface area contributed by atoms with Crippen LogP contribution in [0, 0.1) is 6.92 Å². The summed E-state index contributed by atoms with van der Waals surface area (Å²) in [7, 11) is 1.52. The number of hydrogen-bond donors (Lipinski definition) is 1. The molecule has 1 heterocycles. The van der Waals surface area contributed by atoms with Gasteiger partial charge in [0.05, 0.1) is 12.8 Å². The number of amides is 3. The van der Waals surface area contributed by atoms with Gasteiger partial charge in [0.15, 0.2) is 0 Å². The van der Waals surface area contributed by atoms with Gasteiger partial charge in [0.2, 0.25) is 0 Å². The summed E-state index contributed by atoms with van der Waals surface area (Å²) in [4.78, 5) is 26.2. The van der Waals surface area contributed by atoms with Crippen LogP contribution in [0.4, 0.5) is 10.5 Å². The Morgan fingerprint density at radius 2 is 1.77 bits per heavy atom. The van der Waals surface area contributed by atoms with Gasteiger partial charge in [-0.3, -0.25) is 4.79 Å². The standard InChI is InChI=1S/C17H16N2O3/c1-11-7-6-10-13(22-2)15(11)19-16(20)14(18-17(19)21)12-8-4-3-5-9-12/h3-10,14H,1-2H3,(H,18,21)/t14-/m1/s1. The molecule has 1 aliphatic rings. The SMILES string of the molecule is COc1cccc(C)c1N1C(=O)N[C@H](c2ccccc2)C1=O. The first-order valence-electron chi connectivity index (χ1n) is 6.96. The van der Waals surface area contributed by atoms with Crippen LogP contribution in [0.2, 0.25) is 0 Å². The molecule has 0 aromatic heterocycles. The molecule has 22 heavy (non-hydrogen) atoms. The van der Waals surface area contributed by atoms with Crippen LogP contribution in [0.1, 0.15) is 17.2 Å². The number of methoxy groups -OCH3 is 1. The van der Waals surface area contributed by atoms with Crippen molar-refractivity contribution in [3.63, 3.8) is 0 Å². The molecule has 3 rings (SSSR count). The number of carbonyl (C=O) groups is 2. The van der Waals surface area contributed by atoms with Crippen LogP contribution in [0.15, 0.2) is 48.5 Å². The quantitative estimate of drug-likeness (QED) is 0.886. The van der Waals surface area contributed by atoms with Gasteiger partial charge >= 0.3 is 6.03 Å². The van der Waals surface area contributed by atoms with E-state index in [1.165, 1.54) is 7.11 Å². The zero-order chi connectivity index (χ0) is 15.7. The monoisotopic (exact) mass is 296 g/mol. The topological polar surface area (TPSA) is 58.6 Å². The molecule has 0 saturated carbocycles. The minimum absolute atomic E-state index is 0.302. The van der Waals surface area contributed by atoms with Gasteiger partial charge in [-0.1, -0.05) is 42.5 Å². The third-order valence-electron chi connectivity index (χ3n) is 3.72. The number of imide groups is 1. The Morgan fingerprint density at radius 3 is 2.45 bits per heavy atom. The van der Waals surface area contributed by atoms with Crippen molar-refractivity contribution in [1.29, 1.82) is 0 Å². The Kier molecular flexibility index (Phi) is 3.55. The normalized spacial score (nSPS) is 17.5. The molecule has 2 aromatic rings. The summed E-state index contributed by atoms with van der Waals surface area (Å²) >= 11 is 0. The third kappa shape index (κ3) is 2.20. The van der Waals surface area contributed by atoms with E-state index in [9.17, 15) is 9.59 Å². The highest BCUT2D eigenvalue weighted by Crippen LogP contribution is 2.36. The fraction of sp³-hybridized carbons (Fsp3) is 0.176. The van der Waals surface area contributed by atoms with Crippen LogP contribution in [-0.4, -0.2) is 19.0 Å². The summed E-state index contributed by atoms with van der Waals surface area (Å²) in [5.41, 5.74) is 2.05. The van der Waals surface area contributed by atoms with Crippen LogP contribution in [-0.2, 0) is 4.79 Å². The highest BCUT2D eigenvalue weighted by Gasteiger charge is 2.41. The van der Waals surface area contributed by atoms with Crippen molar-refractivity contribution < 1.29 is 14.3 Å². The number of hydrogen-bond acceptors (Lipinski definition) is 3. The number of rotatable bonds is 3. The molecule has 0 bridgehead atoms. The lowest BCUT2D eigenvalue weighted by molar-refractivity contribution is -0.118. The van der Waals surface area contributed by atoms with Crippen LogP contribution in [0.25, 0.3) is 0 Å². The lowest BCUT2D eigenvalue weighted by atomic mass is 10.1. The first kappa shape index (κ1) is 14.1. The second kappa shape index (κ2) is 5.52. The average Bonchev–Trinajstić information content (AvgIpc) is 2.83. The zero-order valence-electron chi connectivity index (χ0n) is 12.4. The summed E-state index contributed by atoms with van der Waals surface area (Å²) in [6.45, 7) is 1.84. The van der Waals surface area contributed by atoms with Gasteiger partial charge in [-0.15, -0.1) is 0 Å². The van der Waals surface area contributed by atoms with Crippen LogP contribution >= 0.6 is 0 Å². The van der Waals surface area contributed by atoms with Gasteiger partial charge < -0.3 is 10.1 Å². The maximum Gasteiger partial charge on any atom is 0.329 e. The molecule has 0 aliphatic carbocycles. The molecule has 1 fully saturated rings. The van der Waals surface area contributed by atoms with Gasteiger partial charge in [0.1, 0.15) is 11.8 Å². The molecule has 1 aliphatic heterocycles. The van der Waals surface area contributed by atoms with E-state index in [-0.39, 0.29) is 5.91 Å². The molecular weight excluding hydrogens is 280 g/mol. The van der Waals surface area contributed by atoms with Crippen molar-refractivity contribution in [3.05, 3.63) is 59.7 Å². The Bertz CT molecular complexity index is 728. The number of nitrogens with one attached hydrogen (secondary N) is 1. The number of para-hydroxylation sites is 1. The van der Waals surface area contributed by atoms with Gasteiger partial charge in [0, 0.05) is 0 Å². The molecule has 1 saturated heterocycles. The zero-order valence-corrected chi connectivity index (χ0v) is 12.4. The molecule has 1 N–H and O–H groups in total. The Balaban J connectivity index is 2.03. The van der Waals surface area contributed by atoms with Crippen molar-refractivity contribution in [3.8, 4) is 5.75 Å². The smallest absolute Gasteiger partial charge is 0.329 e. The molecule has 5 heteroatoms. The second-order valence-corrected chi connectivity index (χ2v) is 5.09. The van der Waals surface area contributed by atoms with Crippen molar-refractivity contribution in [2.45, 2.75) is 13.0 Å². The minimum atomic E-state index is -0.669. The highest BCUT2D eigenvalue weighted by atomic mass is 16.5. The molecule has 0 unspecified atom stereocenters. The fourth-order valence-corrected chi connectivity index (χ4v) is 2.65. The highest BCUT2D eigenvalue weighted by molar-refractivity contribution is 6.22. The van der Waals surface area contributed by atoms with Crippen molar-refractivity contribution >= 4 is 17.6 Å². The van der Waals surface area contributed by atoms with Gasteiger partial charge in [-0.2, -0.15) is 0 Å². The van der Waals surface area contributed by atoms with Crippen LogP contribution < -0.4 is 15.0 Å². The molecule has 5 nitrogen and oxygen atoms in total. The molecule has 1 atom stereocenters. The molecule has 0 spiro atoms. The molecule has 0 radical (unpaired) electrons. The predicted octanol–water partition coefficient (Wildman–Crippen LogP) is 2.80. The summed E-state index contributed by atoms with van der Waals surface area (Å²) in [5, 5.41) is 2.73. The predicted molar refractivity (Wildman–Crippen MR) is 82.9 cm³/mol. The van der Waals surface area contributed by atoms with Gasteiger partial charge in [0.25, 0.3) is 5.91 Å². The molecule has 112 valence electrons. The van der Waals surface area contributed by atoms with E-state index in [1.807, 2.05) is 49.4 Å². The largest absolute Gasteiger partial charge is 0.495 e. The summed E-state index contributed by atoms with van der Waals surface area (Å²) in [5.74, 6) is 0.195. The maximum atomic E-state index is 12.7. The van der Waals surface area contributed by atoms with Crippen LogP contribution in [0.3, 0.4) is 0 Å². The van der Waals surface area contributed by atoms with E-state index >= 15 is 0 Å². The number of anilines is 1. The summed E-state index contributed by atoms with van der Waals surface area (Å²) < 4.78 is 5.30. The first-order valence-corrected chi connectivity index (χ1v) is 6.96. The average molecular weight is 296 g/mol. The van der Waals surface area contributed by atoms with E-state index in [2.05, 4.69) is 5.32 Å². The molecule has 2 aromatic carbocycles. The summed E-state index contributed by atoms with van der Waals surface area (Å²) in [6.07, 6.45) is 0. The van der Waals surface area contributed by atoms with Gasteiger partial charge in [-0.25, -0.2) is 9.69 Å². The van der Waals surface area contributed by atoms with Crippen LogP contribution in [0.5, 0.6) is 5.75 Å². The lowest BCUT2D eigenvalue weighted by Crippen LogP contribution is -2.31. The van der Waals surface area contributed by atoms with Crippen molar-refractivity contribution in [1.82, 2.24) is 5.32 Å². The fourth-order valence-electron chi connectivity index (χ4n) is 2.65. The Morgan fingerprint density at radius 1 is 1.05 bits per heavy atom. The summed E-state index contributed by atoms with van der Waals surface area (Å²) in [6, 6.07) is 13.5. The van der Waals surface area contributed by atoms with Gasteiger partial charge in [-0.05, 0) is 24.1 Å². The number of urea groups is 1. The number of ether oxygens (including phenoxy) is 1. The molecular formula is C17H16N2O3. The van der Waals surface area contributed by atoms with E-state index < -0.39 is 12.1 Å². The third-order valence-corrected chi connectivity index (χ3v) is 3.72. The maximum absolute atomic E-state index is 12.7. The number of nitrogens with zero attached hydrogens (tertiary/aromatic N) is 1. The second-order valence-electron chi connectivity index (χ2n) is 5.09. The molecule has 3 amide bonds.